The van der Waals surface area contributed by atoms with E-state index in [0.29, 0.717) is 67.6 Å². The van der Waals surface area contributed by atoms with E-state index < -0.39 is 5.66 Å². The van der Waals surface area contributed by atoms with Crippen molar-refractivity contribution in [2.24, 2.45) is 0 Å². The molecule has 2 aromatic rings. The number of pyridine rings is 1. The van der Waals surface area contributed by atoms with Crippen molar-refractivity contribution in [2.75, 3.05) is 38.3 Å². The van der Waals surface area contributed by atoms with Crippen LogP contribution in [0.4, 0.5) is 5.82 Å². The SMILES string of the molecule is CN1c2ncccc2C(=O)NC12CCN(C(=O)c1ccc3c(c1)OCCO3)CC2. The van der Waals surface area contributed by atoms with Crippen LogP contribution in [0, 0.1) is 0 Å². The van der Waals surface area contributed by atoms with Crippen LogP contribution in [0.2, 0.25) is 0 Å². The van der Waals surface area contributed by atoms with Gasteiger partial charge in [-0.25, -0.2) is 4.98 Å². The van der Waals surface area contributed by atoms with Gasteiger partial charge in [0, 0.05) is 44.7 Å². The topological polar surface area (TPSA) is 84.0 Å². The Labute approximate surface area is 168 Å². The van der Waals surface area contributed by atoms with Crippen molar-refractivity contribution in [3.05, 3.63) is 47.7 Å². The maximum atomic E-state index is 13.0. The lowest BCUT2D eigenvalue weighted by atomic mass is 9.91. The van der Waals surface area contributed by atoms with Gasteiger partial charge in [0.15, 0.2) is 11.5 Å². The van der Waals surface area contributed by atoms with Crippen molar-refractivity contribution >= 4 is 17.6 Å². The van der Waals surface area contributed by atoms with Crippen molar-refractivity contribution in [2.45, 2.75) is 18.5 Å². The fourth-order valence-corrected chi connectivity index (χ4v) is 4.31. The number of benzene rings is 1. The molecule has 29 heavy (non-hydrogen) atoms. The molecule has 1 N–H and O–H groups in total. The fourth-order valence-electron chi connectivity index (χ4n) is 4.31. The third kappa shape index (κ3) is 2.86. The summed E-state index contributed by atoms with van der Waals surface area (Å²) < 4.78 is 11.1. The smallest absolute Gasteiger partial charge is 0.256 e. The number of rotatable bonds is 1. The van der Waals surface area contributed by atoms with Crippen molar-refractivity contribution in [3.63, 3.8) is 0 Å². The Bertz CT molecular complexity index is 984. The predicted molar refractivity (Wildman–Crippen MR) is 105 cm³/mol. The van der Waals surface area contributed by atoms with Gasteiger partial charge in [0.25, 0.3) is 11.8 Å². The minimum Gasteiger partial charge on any atom is -0.486 e. The zero-order valence-corrected chi connectivity index (χ0v) is 16.2. The number of nitrogens with one attached hydrogen (secondary N) is 1. The minimum absolute atomic E-state index is 0.0415. The Morgan fingerprint density at radius 2 is 1.90 bits per heavy atom. The molecule has 0 atom stereocenters. The number of likely N-dealkylation sites (tertiary alicyclic amines) is 1. The average Bonchev–Trinajstić information content (AvgIpc) is 2.77. The summed E-state index contributed by atoms with van der Waals surface area (Å²) in [4.78, 5) is 33.9. The van der Waals surface area contributed by atoms with Crippen LogP contribution in [-0.4, -0.2) is 60.7 Å². The molecule has 5 rings (SSSR count). The molecule has 1 saturated heterocycles. The van der Waals surface area contributed by atoms with Gasteiger partial charge in [-0.1, -0.05) is 0 Å². The van der Waals surface area contributed by atoms with Crippen molar-refractivity contribution in [3.8, 4) is 11.5 Å². The molecule has 1 aromatic heterocycles. The molecule has 3 aliphatic rings. The van der Waals surface area contributed by atoms with Gasteiger partial charge >= 0.3 is 0 Å². The molecule has 0 radical (unpaired) electrons. The van der Waals surface area contributed by atoms with Crippen LogP contribution >= 0.6 is 0 Å². The van der Waals surface area contributed by atoms with E-state index in [9.17, 15) is 9.59 Å². The first-order valence-electron chi connectivity index (χ1n) is 9.78. The van der Waals surface area contributed by atoms with E-state index >= 15 is 0 Å². The zero-order chi connectivity index (χ0) is 20.0. The van der Waals surface area contributed by atoms with Gasteiger partial charge < -0.3 is 24.6 Å². The highest BCUT2D eigenvalue weighted by Gasteiger charge is 2.45. The molecule has 1 fully saturated rings. The van der Waals surface area contributed by atoms with Gasteiger partial charge in [0.2, 0.25) is 0 Å². The van der Waals surface area contributed by atoms with Crippen LogP contribution < -0.4 is 19.7 Å². The van der Waals surface area contributed by atoms with Gasteiger partial charge in [-0.15, -0.1) is 0 Å². The largest absolute Gasteiger partial charge is 0.486 e. The first-order valence-corrected chi connectivity index (χ1v) is 9.78. The number of hydrogen-bond acceptors (Lipinski definition) is 6. The van der Waals surface area contributed by atoms with Crippen molar-refractivity contribution in [1.29, 1.82) is 0 Å². The molecule has 2 amide bonds. The number of carbonyl (C=O) groups is 2. The summed E-state index contributed by atoms with van der Waals surface area (Å²) in [6, 6.07) is 8.84. The molecule has 3 aliphatic heterocycles. The van der Waals surface area contributed by atoms with Crippen LogP contribution in [0.15, 0.2) is 36.5 Å². The van der Waals surface area contributed by atoms with Gasteiger partial charge in [-0.2, -0.15) is 0 Å². The quantitative estimate of drug-likeness (QED) is 0.792. The van der Waals surface area contributed by atoms with E-state index in [0.717, 1.165) is 0 Å². The first kappa shape index (κ1) is 17.8. The molecule has 4 heterocycles. The molecule has 150 valence electrons. The van der Waals surface area contributed by atoms with Gasteiger partial charge in [0.05, 0.1) is 5.56 Å². The fraction of sp³-hybridized carbons (Fsp3) is 0.381. The summed E-state index contributed by atoms with van der Waals surface area (Å²) >= 11 is 0. The Morgan fingerprint density at radius 1 is 1.14 bits per heavy atom. The third-order valence-electron chi connectivity index (χ3n) is 6.00. The number of piperidine rings is 1. The van der Waals surface area contributed by atoms with Gasteiger partial charge in [-0.05, 0) is 30.3 Å². The number of fused-ring (bicyclic) bond motifs is 2. The maximum Gasteiger partial charge on any atom is 0.256 e. The Balaban J connectivity index is 1.33. The molecule has 1 aromatic carbocycles. The normalized spacial score (nSPS) is 19.6. The Morgan fingerprint density at radius 3 is 2.69 bits per heavy atom. The van der Waals surface area contributed by atoms with E-state index in [2.05, 4.69) is 10.3 Å². The molecule has 8 nitrogen and oxygen atoms in total. The standard InChI is InChI=1S/C21H22N4O4/c1-24-18-15(3-2-8-22-18)19(26)23-21(24)6-9-25(10-7-21)20(27)14-4-5-16-17(13-14)29-12-11-28-16/h2-5,8,13H,6-7,9-12H2,1H3,(H,23,26). The lowest BCUT2D eigenvalue weighted by Gasteiger charge is -2.50. The van der Waals surface area contributed by atoms with E-state index in [4.69, 9.17) is 9.47 Å². The van der Waals surface area contributed by atoms with Gasteiger partial charge in [-0.3, -0.25) is 9.59 Å². The highest BCUT2D eigenvalue weighted by atomic mass is 16.6. The van der Waals surface area contributed by atoms with Crippen LogP contribution in [0.5, 0.6) is 11.5 Å². The number of ether oxygens (including phenoxy) is 2. The summed E-state index contributed by atoms with van der Waals surface area (Å²) in [6.07, 6.45) is 2.95. The molecule has 8 heteroatoms. The summed E-state index contributed by atoms with van der Waals surface area (Å²) in [5.74, 6) is 1.81. The van der Waals surface area contributed by atoms with Crippen LogP contribution in [0.3, 0.4) is 0 Å². The predicted octanol–water partition coefficient (Wildman–Crippen LogP) is 1.66. The van der Waals surface area contributed by atoms with Crippen molar-refractivity contribution < 1.29 is 19.1 Å². The number of carbonyl (C=O) groups excluding carboxylic acids is 2. The number of hydrogen-bond donors (Lipinski definition) is 1. The lowest BCUT2D eigenvalue weighted by molar-refractivity contribution is 0.0607. The zero-order valence-electron chi connectivity index (χ0n) is 16.2. The van der Waals surface area contributed by atoms with Crippen molar-refractivity contribution in [1.82, 2.24) is 15.2 Å². The summed E-state index contributed by atoms with van der Waals surface area (Å²) in [6.45, 7) is 2.09. The van der Waals surface area contributed by atoms with E-state index in [1.54, 1.807) is 36.5 Å². The summed E-state index contributed by atoms with van der Waals surface area (Å²) in [5.41, 5.74) is 0.635. The lowest BCUT2D eigenvalue weighted by Crippen LogP contribution is -2.67. The first-order chi connectivity index (χ1) is 14.1. The van der Waals surface area contributed by atoms with Gasteiger partial charge in [0.1, 0.15) is 24.7 Å². The maximum absolute atomic E-state index is 13.0. The molecule has 0 bridgehead atoms. The number of amides is 2. The van der Waals surface area contributed by atoms with Crippen LogP contribution in [-0.2, 0) is 0 Å². The van der Waals surface area contributed by atoms with E-state index in [1.165, 1.54) is 0 Å². The van der Waals surface area contributed by atoms with E-state index in [1.807, 2.05) is 16.8 Å². The summed E-state index contributed by atoms with van der Waals surface area (Å²) in [7, 11) is 1.95. The number of anilines is 1. The molecule has 0 aliphatic carbocycles. The Kier molecular flexibility index (Phi) is 4.08. The van der Waals surface area contributed by atoms with E-state index in [-0.39, 0.29) is 11.8 Å². The second kappa shape index (κ2) is 6.65. The molecular weight excluding hydrogens is 372 g/mol. The number of aromatic nitrogens is 1. The monoisotopic (exact) mass is 394 g/mol. The minimum atomic E-state index is -0.526. The highest BCUT2D eigenvalue weighted by molar-refractivity contribution is 6.01. The summed E-state index contributed by atoms with van der Waals surface area (Å²) in [5, 5.41) is 3.15. The second-order valence-corrected chi connectivity index (χ2v) is 7.57. The number of nitrogens with zero attached hydrogens (tertiary/aromatic N) is 3. The third-order valence-corrected chi connectivity index (χ3v) is 6.00. The van der Waals surface area contributed by atoms with Crippen LogP contribution in [0.25, 0.3) is 0 Å². The average molecular weight is 394 g/mol. The molecule has 1 spiro atoms. The second-order valence-electron chi connectivity index (χ2n) is 7.57. The Hall–Kier alpha value is -3.29. The molecular formula is C21H22N4O4. The molecule has 0 saturated carbocycles. The molecule has 0 unspecified atom stereocenters. The van der Waals surface area contributed by atoms with Crippen LogP contribution in [0.1, 0.15) is 33.6 Å². The highest BCUT2D eigenvalue weighted by Crippen LogP contribution is 2.36.